The quantitative estimate of drug-likeness (QED) is 0.738. The van der Waals surface area contributed by atoms with Crippen LogP contribution in [0.5, 0.6) is 0 Å². The van der Waals surface area contributed by atoms with Gasteiger partial charge in [0.05, 0.1) is 0 Å². The molecule has 0 unspecified atom stereocenters. The van der Waals surface area contributed by atoms with E-state index in [1.807, 2.05) is 0 Å². The average molecular weight is 313 g/mol. The van der Waals surface area contributed by atoms with Gasteiger partial charge < -0.3 is 10.2 Å². The SMILES string of the molecule is CCCN(CC)CCNCc1ccc(C)c(Br)c1. The molecule has 18 heavy (non-hydrogen) atoms. The maximum atomic E-state index is 3.57. The lowest BCUT2D eigenvalue weighted by Crippen LogP contribution is -2.32. The lowest BCUT2D eigenvalue weighted by molar-refractivity contribution is 0.287. The van der Waals surface area contributed by atoms with Gasteiger partial charge in [0.2, 0.25) is 0 Å². The zero-order chi connectivity index (χ0) is 13.4. The first-order chi connectivity index (χ1) is 8.67. The molecule has 0 spiro atoms. The number of hydrogen-bond acceptors (Lipinski definition) is 2. The van der Waals surface area contributed by atoms with Crippen LogP contribution in [0.3, 0.4) is 0 Å². The minimum absolute atomic E-state index is 0.947. The second-order valence-corrected chi connectivity index (χ2v) is 5.55. The van der Waals surface area contributed by atoms with Crippen LogP contribution in [0.15, 0.2) is 22.7 Å². The van der Waals surface area contributed by atoms with Crippen molar-refractivity contribution in [3.8, 4) is 0 Å². The first-order valence-electron chi connectivity index (χ1n) is 6.85. The molecular weight excluding hydrogens is 288 g/mol. The fourth-order valence-corrected chi connectivity index (χ4v) is 2.39. The molecule has 0 aliphatic carbocycles. The fourth-order valence-electron chi connectivity index (χ4n) is 1.96. The maximum absolute atomic E-state index is 3.57. The van der Waals surface area contributed by atoms with Gasteiger partial charge in [0.15, 0.2) is 0 Å². The van der Waals surface area contributed by atoms with Crippen LogP contribution in [0.4, 0.5) is 0 Å². The van der Waals surface area contributed by atoms with Crippen molar-refractivity contribution in [1.29, 1.82) is 0 Å². The van der Waals surface area contributed by atoms with Crippen LogP contribution in [-0.2, 0) is 6.54 Å². The van der Waals surface area contributed by atoms with E-state index in [1.54, 1.807) is 0 Å². The van der Waals surface area contributed by atoms with E-state index in [2.05, 4.69) is 65.1 Å². The number of benzene rings is 1. The van der Waals surface area contributed by atoms with Crippen LogP contribution >= 0.6 is 15.9 Å². The second kappa shape index (κ2) is 8.68. The molecule has 1 aromatic rings. The summed E-state index contributed by atoms with van der Waals surface area (Å²) in [6.45, 7) is 12.1. The van der Waals surface area contributed by atoms with Crippen molar-refractivity contribution >= 4 is 15.9 Å². The summed E-state index contributed by atoms with van der Waals surface area (Å²) in [5.41, 5.74) is 2.63. The van der Waals surface area contributed by atoms with Crippen LogP contribution < -0.4 is 5.32 Å². The van der Waals surface area contributed by atoms with Gasteiger partial charge in [-0.25, -0.2) is 0 Å². The number of aryl methyl sites for hydroxylation is 1. The summed E-state index contributed by atoms with van der Waals surface area (Å²) < 4.78 is 1.20. The van der Waals surface area contributed by atoms with Gasteiger partial charge in [-0.15, -0.1) is 0 Å². The smallest absolute Gasteiger partial charge is 0.0207 e. The predicted molar refractivity (Wildman–Crippen MR) is 83.0 cm³/mol. The molecule has 0 amide bonds. The van der Waals surface area contributed by atoms with Gasteiger partial charge in [0, 0.05) is 24.1 Å². The van der Waals surface area contributed by atoms with Crippen molar-refractivity contribution in [3.05, 3.63) is 33.8 Å². The van der Waals surface area contributed by atoms with E-state index in [4.69, 9.17) is 0 Å². The number of nitrogens with one attached hydrogen (secondary N) is 1. The van der Waals surface area contributed by atoms with E-state index in [0.29, 0.717) is 0 Å². The van der Waals surface area contributed by atoms with Gasteiger partial charge in [0.25, 0.3) is 0 Å². The van der Waals surface area contributed by atoms with Crippen molar-refractivity contribution in [2.24, 2.45) is 0 Å². The molecule has 0 aliphatic rings. The normalized spacial score (nSPS) is 11.2. The van der Waals surface area contributed by atoms with E-state index in [0.717, 1.165) is 26.2 Å². The highest BCUT2D eigenvalue weighted by atomic mass is 79.9. The van der Waals surface area contributed by atoms with Crippen molar-refractivity contribution in [1.82, 2.24) is 10.2 Å². The summed E-state index contributed by atoms with van der Waals surface area (Å²) >= 11 is 3.57. The zero-order valence-corrected chi connectivity index (χ0v) is 13.4. The largest absolute Gasteiger partial charge is 0.311 e. The third kappa shape index (κ3) is 5.51. The second-order valence-electron chi connectivity index (χ2n) is 4.69. The monoisotopic (exact) mass is 312 g/mol. The summed E-state index contributed by atoms with van der Waals surface area (Å²) in [4.78, 5) is 2.48. The highest BCUT2D eigenvalue weighted by molar-refractivity contribution is 9.10. The Morgan fingerprint density at radius 3 is 2.61 bits per heavy atom. The molecule has 0 radical (unpaired) electrons. The molecule has 3 heteroatoms. The molecule has 1 aromatic carbocycles. The minimum atomic E-state index is 0.947. The van der Waals surface area contributed by atoms with Crippen LogP contribution in [-0.4, -0.2) is 31.1 Å². The van der Waals surface area contributed by atoms with E-state index in [9.17, 15) is 0 Å². The average Bonchev–Trinajstić information content (AvgIpc) is 2.37. The third-order valence-corrected chi connectivity index (χ3v) is 4.01. The molecule has 0 aromatic heterocycles. The summed E-state index contributed by atoms with van der Waals surface area (Å²) in [5.74, 6) is 0. The van der Waals surface area contributed by atoms with E-state index in [-0.39, 0.29) is 0 Å². The Morgan fingerprint density at radius 2 is 2.00 bits per heavy atom. The van der Waals surface area contributed by atoms with Gasteiger partial charge >= 0.3 is 0 Å². The van der Waals surface area contributed by atoms with Crippen molar-refractivity contribution in [2.75, 3.05) is 26.2 Å². The highest BCUT2D eigenvalue weighted by Gasteiger charge is 2.00. The molecule has 102 valence electrons. The van der Waals surface area contributed by atoms with E-state index < -0.39 is 0 Å². The molecule has 1 N–H and O–H groups in total. The molecule has 0 aliphatic heterocycles. The Bertz CT molecular complexity index is 352. The topological polar surface area (TPSA) is 15.3 Å². The van der Waals surface area contributed by atoms with Crippen LogP contribution in [0.25, 0.3) is 0 Å². The fraction of sp³-hybridized carbons (Fsp3) is 0.600. The maximum Gasteiger partial charge on any atom is 0.0207 e. The van der Waals surface area contributed by atoms with Crippen molar-refractivity contribution in [3.63, 3.8) is 0 Å². The van der Waals surface area contributed by atoms with Crippen LogP contribution in [0.1, 0.15) is 31.4 Å². The summed E-state index contributed by atoms with van der Waals surface area (Å²) in [7, 11) is 0. The number of rotatable bonds is 8. The number of hydrogen-bond donors (Lipinski definition) is 1. The van der Waals surface area contributed by atoms with Crippen molar-refractivity contribution < 1.29 is 0 Å². The van der Waals surface area contributed by atoms with Gasteiger partial charge in [0.1, 0.15) is 0 Å². The Labute approximate surface area is 120 Å². The Morgan fingerprint density at radius 1 is 1.22 bits per heavy atom. The summed E-state index contributed by atoms with van der Waals surface area (Å²) in [6.07, 6.45) is 1.23. The lowest BCUT2D eigenvalue weighted by atomic mass is 10.1. The molecular formula is C15H25BrN2. The molecule has 0 saturated carbocycles. The first kappa shape index (κ1) is 15.7. The van der Waals surface area contributed by atoms with Gasteiger partial charge in [-0.2, -0.15) is 0 Å². The highest BCUT2D eigenvalue weighted by Crippen LogP contribution is 2.17. The number of halogens is 1. The van der Waals surface area contributed by atoms with Crippen LogP contribution in [0, 0.1) is 6.92 Å². The zero-order valence-electron chi connectivity index (χ0n) is 11.8. The predicted octanol–water partition coefficient (Wildman–Crippen LogP) is 3.58. The Kier molecular flexibility index (Phi) is 7.56. The Hall–Kier alpha value is -0.380. The summed E-state index contributed by atoms with van der Waals surface area (Å²) in [6, 6.07) is 6.55. The Balaban J connectivity index is 2.26. The van der Waals surface area contributed by atoms with Gasteiger partial charge in [-0.3, -0.25) is 0 Å². The third-order valence-electron chi connectivity index (χ3n) is 3.16. The van der Waals surface area contributed by atoms with Gasteiger partial charge in [-0.1, -0.05) is 41.9 Å². The standard InChI is InChI=1S/C15H25BrN2/c1-4-9-18(5-2)10-8-17-12-14-7-6-13(3)15(16)11-14/h6-7,11,17H,4-5,8-10,12H2,1-3H3. The molecule has 2 nitrogen and oxygen atoms in total. The van der Waals surface area contributed by atoms with Crippen molar-refractivity contribution in [2.45, 2.75) is 33.7 Å². The molecule has 0 saturated heterocycles. The molecule has 0 fully saturated rings. The molecule has 0 bridgehead atoms. The molecule has 0 atom stereocenters. The van der Waals surface area contributed by atoms with E-state index in [1.165, 1.54) is 28.6 Å². The minimum Gasteiger partial charge on any atom is -0.311 e. The van der Waals surface area contributed by atoms with E-state index >= 15 is 0 Å². The first-order valence-corrected chi connectivity index (χ1v) is 7.64. The van der Waals surface area contributed by atoms with Gasteiger partial charge in [-0.05, 0) is 43.6 Å². The molecule has 0 heterocycles. The van der Waals surface area contributed by atoms with Crippen LogP contribution in [0.2, 0.25) is 0 Å². The lowest BCUT2D eigenvalue weighted by Gasteiger charge is -2.19. The summed E-state index contributed by atoms with van der Waals surface area (Å²) in [5, 5.41) is 3.51. The number of nitrogens with zero attached hydrogens (tertiary/aromatic N) is 1. The molecule has 1 rings (SSSR count). The number of likely N-dealkylation sites (N-methyl/N-ethyl adjacent to an activating group) is 1.